The molecule has 1 unspecified atom stereocenters. The minimum atomic E-state index is -0.878. The first kappa shape index (κ1) is 23.1. The van der Waals surface area contributed by atoms with Gasteiger partial charge in [-0.3, -0.25) is 4.79 Å². The molecule has 3 rings (SSSR count). The van der Waals surface area contributed by atoms with Crippen LogP contribution in [-0.2, 0) is 17.6 Å². The van der Waals surface area contributed by atoms with Crippen molar-refractivity contribution < 1.29 is 25.2 Å². The third-order valence-corrected chi connectivity index (χ3v) is 5.59. The Morgan fingerprint density at radius 2 is 1.84 bits per heavy atom. The lowest BCUT2D eigenvalue weighted by Gasteiger charge is -2.28. The van der Waals surface area contributed by atoms with E-state index in [-0.39, 0.29) is 29.5 Å². The molecule has 1 heterocycles. The van der Waals surface area contributed by atoms with Gasteiger partial charge < -0.3 is 30.6 Å². The van der Waals surface area contributed by atoms with E-state index in [1.54, 1.807) is 4.90 Å². The van der Waals surface area contributed by atoms with Crippen LogP contribution in [0, 0.1) is 0 Å². The molecule has 1 saturated heterocycles. The molecule has 0 bridgehead atoms. The maximum atomic E-state index is 12.5. The molecule has 0 saturated carbocycles. The molecule has 168 valence electrons. The number of nitrogens with one attached hydrogen (secondary N) is 1. The molecule has 2 atom stereocenters. The zero-order chi connectivity index (χ0) is 22.6. The zero-order valence-corrected chi connectivity index (χ0v) is 18.1. The average molecular weight is 429 g/mol. The summed E-state index contributed by atoms with van der Waals surface area (Å²) in [6.07, 6.45) is 0.349. The number of carbonyl (C=O) groups is 1. The Morgan fingerprint density at radius 3 is 2.48 bits per heavy atom. The summed E-state index contributed by atoms with van der Waals surface area (Å²) in [5.74, 6) is -0.158. The molecule has 1 amide bonds. The zero-order valence-electron chi connectivity index (χ0n) is 18.1. The first-order chi connectivity index (χ1) is 14.6. The molecule has 2 aromatic rings. The van der Waals surface area contributed by atoms with E-state index in [1.165, 1.54) is 18.2 Å². The monoisotopic (exact) mass is 428 g/mol. The molecule has 0 spiro atoms. The van der Waals surface area contributed by atoms with Crippen LogP contribution in [0.15, 0.2) is 42.5 Å². The van der Waals surface area contributed by atoms with E-state index in [9.17, 15) is 25.2 Å². The number of carbonyl (C=O) groups excluding carboxylic acids is 1. The second kappa shape index (κ2) is 9.68. The molecular formula is C24H32N2O5. The van der Waals surface area contributed by atoms with Gasteiger partial charge in [-0.15, -0.1) is 0 Å². The predicted octanol–water partition coefficient (Wildman–Crippen LogP) is 1.88. The number of likely N-dealkylation sites (tertiary alicyclic amines) is 1. The molecule has 1 aliphatic rings. The van der Waals surface area contributed by atoms with Gasteiger partial charge in [-0.1, -0.05) is 24.3 Å². The fourth-order valence-corrected chi connectivity index (χ4v) is 3.98. The molecule has 5 N–H and O–H groups in total. The molecular weight excluding hydrogens is 396 g/mol. The van der Waals surface area contributed by atoms with Crippen molar-refractivity contribution in [1.82, 2.24) is 10.2 Å². The molecule has 31 heavy (non-hydrogen) atoms. The molecule has 0 aromatic heterocycles. The van der Waals surface area contributed by atoms with E-state index in [2.05, 4.69) is 5.32 Å². The number of aliphatic hydroxyl groups excluding tert-OH is 2. The van der Waals surface area contributed by atoms with Crippen molar-refractivity contribution >= 4 is 5.91 Å². The van der Waals surface area contributed by atoms with Gasteiger partial charge in [-0.25, -0.2) is 0 Å². The van der Waals surface area contributed by atoms with Gasteiger partial charge in [0.2, 0.25) is 5.91 Å². The van der Waals surface area contributed by atoms with Gasteiger partial charge >= 0.3 is 0 Å². The SMILES string of the molecule is CC(C)(Cc1cccc(CC(=O)N2CC[C@@H](O)C2)c1)NCC(O)c1cc(O)cc(O)c1. The number of hydrogen-bond donors (Lipinski definition) is 5. The Balaban J connectivity index is 1.56. The van der Waals surface area contributed by atoms with Crippen molar-refractivity contribution in [1.29, 1.82) is 0 Å². The number of rotatable bonds is 8. The molecule has 1 aliphatic heterocycles. The van der Waals surface area contributed by atoms with E-state index in [0.717, 1.165) is 11.1 Å². The molecule has 2 aromatic carbocycles. The number of aliphatic hydroxyl groups is 2. The summed E-state index contributed by atoms with van der Waals surface area (Å²) in [5, 5.41) is 42.6. The quantitative estimate of drug-likeness (QED) is 0.439. The highest BCUT2D eigenvalue weighted by Crippen LogP contribution is 2.25. The normalized spacial score (nSPS) is 17.7. The van der Waals surface area contributed by atoms with E-state index < -0.39 is 12.2 Å². The van der Waals surface area contributed by atoms with Crippen molar-refractivity contribution in [2.24, 2.45) is 0 Å². The highest BCUT2D eigenvalue weighted by molar-refractivity contribution is 5.79. The Bertz CT molecular complexity index is 894. The van der Waals surface area contributed by atoms with Crippen LogP contribution < -0.4 is 5.32 Å². The second-order valence-corrected chi connectivity index (χ2v) is 9.02. The van der Waals surface area contributed by atoms with Crippen LogP contribution in [0.1, 0.15) is 43.1 Å². The summed E-state index contributed by atoms with van der Waals surface area (Å²) in [6, 6.07) is 12.0. The summed E-state index contributed by atoms with van der Waals surface area (Å²) in [6.45, 7) is 5.34. The summed E-state index contributed by atoms with van der Waals surface area (Å²) >= 11 is 0. The van der Waals surface area contributed by atoms with E-state index in [1.807, 2.05) is 38.1 Å². The minimum absolute atomic E-state index is 0.0311. The van der Waals surface area contributed by atoms with E-state index >= 15 is 0 Å². The number of aromatic hydroxyl groups is 2. The van der Waals surface area contributed by atoms with Gasteiger partial charge in [0.15, 0.2) is 0 Å². The van der Waals surface area contributed by atoms with Crippen LogP contribution in [-0.4, -0.2) is 62.5 Å². The van der Waals surface area contributed by atoms with Crippen molar-refractivity contribution in [3.63, 3.8) is 0 Å². The van der Waals surface area contributed by atoms with Crippen LogP contribution in [0.4, 0.5) is 0 Å². The van der Waals surface area contributed by atoms with E-state index in [4.69, 9.17) is 0 Å². The van der Waals surface area contributed by atoms with Gasteiger partial charge in [-0.2, -0.15) is 0 Å². The molecule has 7 nitrogen and oxygen atoms in total. The molecule has 0 aliphatic carbocycles. The number of β-amino-alcohol motifs (C(OH)–C–C–N with tert-alkyl or cyclic N) is 2. The standard InChI is InChI=1S/C24H32N2O5/c1-24(2,25-14-22(30)18-10-20(28)12-21(29)11-18)13-17-5-3-4-16(8-17)9-23(31)26-7-6-19(27)15-26/h3-5,8,10-12,19,22,25,27-30H,6-7,9,13-15H2,1-2H3/t19-,22?/m1/s1. The highest BCUT2D eigenvalue weighted by atomic mass is 16.3. The summed E-state index contributed by atoms with van der Waals surface area (Å²) in [4.78, 5) is 14.2. The third-order valence-electron chi connectivity index (χ3n) is 5.59. The maximum Gasteiger partial charge on any atom is 0.227 e. The fraction of sp³-hybridized carbons (Fsp3) is 0.458. The lowest BCUT2D eigenvalue weighted by atomic mass is 9.93. The molecule has 7 heteroatoms. The maximum absolute atomic E-state index is 12.5. The van der Waals surface area contributed by atoms with Crippen molar-refractivity contribution in [2.75, 3.05) is 19.6 Å². The van der Waals surface area contributed by atoms with Crippen molar-refractivity contribution in [2.45, 2.75) is 50.9 Å². The van der Waals surface area contributed by atoms with Crippen LogP contribution in [0.2, 0.25) is 0 Å². The smallest absolute Gasteiger partial charge is 0.227 e. The van der Waals surface area contributed by atoms with E-state index in [0.29, 0.717) is 37.9 Å². The number of benzene rings is 2. The van der Waals surface area contributed by atoms with Gasteiger partial charge in [0, 0.05) is 31.2 Å². The Morgan fingerprint density at radius 1 is 1.16 bits per heavy atom. The number of nitrogens with zero attached hydrogens (tertiary/aromatic N) is 1. The average Bonchev–Trinajstić information content (AvgIpc) is 3.12. The Labute approximate surface area is 183 Å². The number of hydrogen-bond acceptors (Lipinski definition) is 6. The van der Waals surface area contributed by atoms with Gasteiger partial charge in [0.25, 0.3) is 0 Å². The summed E-state index contributed by atoms with van der Waals surface area (Å²) in [5.41, 5.74) is 2.12. The number of phenolic OH excluding ortho intramolecular Hbond substituents is 2. The second-order valence-electron chi connectivity index (χ2n) is 9.02. The molecule has 0 radical (unpaired) electrons. The van der Waals surface area contributed by atoms with Gasteiger partial charge in [0.05, 0.1) is 18.6 Å². The summed E-state index contributed by atoms with van der Waals surface area (Å²) < 4.78 is 0. The van der Waals surface area contributed by atoms with Crippen LogP contribution in [0.3, 0.4) is 0 Å². The number of phenols is 2. The molecule has 1 fully saturated rings. The van der Waals surface area contributed by atoms with Gasteiger partial charge in [-0.05, 0) is 55.5 Å². The fourth-order valence-electron chi connectivity index (χ4n) is 3.98. The Hall–Kier alpha value is -2.61. The lowest BCUT2D eigenvalue weighted by molar-refractivity contribution is -0.129. The van der Waals surface area contributed by atoms with Crippen molar-refractivity contribution in [3.05, 3.63) is 59.2 Å². The number of amides is 1. The van der Waals surface area contributed by atoms with Crippen LogP contribution in [0.25, 0.3) is 0 Å². The van der Waals surface area contributed by atoms with Crippen LogP contribution in [0.5, 0.6) is 11.5 Å². The third kappa shape index (κ3) is 6.69. The predicted molar refractivity (Wildman–Crippen MR) is 118 cm³/mol. The minimum Gasteiger partial charge on any atom is -0.508 e. The summed E-state index contributed by atoms with van der Waals surface area (Å²) in [7, 11) is 0. The highest BCUT2D eigenvalue weighted by Gasteiger charge is 2.25. The Kier molecular flexibility index (Phi) is 7.20. The van der Waals surface area contributed by atoms with Crippen LogP contribution >= 0.6 is 0 Å². The van der Waals surface area contributed by atoms with Gasteiger partial charge in [0.1, 0.15) is 11.5 Å². The first-order valence-electron chi connectivity index (χ1n) is 10.6. The topological polar surface area (TPSA) is 113 Å². The lowest BCUT2D eigenvalue weighted by Crippen LogP contribution is -2.43. The first-order valence-corrected chi connectivity index (χ1v) is 10.6. The van der Waals surface area contributed by atoms with Crippen molar-refractivity contribution in [3.8, 4) is 11.5 Å². The largest absolute Gasteiger partial charge is 0.508 e.